The van der Waals surface area contributed by atoms with Gasteiger partial charge in [0.1, 0.15) is 0 Å². The first kappa shape index (κ1) is 18.0. The largest absolute Gasteiger partial charge is 0.392 e. The lowest BCUT2D eigenvalue weighted by atomic mass is 10.1. The van der Waals surface area contributed by atoms with Crippen LogP contribution in [-0.2, 0) is 16.6 Å². The van der Waals surface area contributed by atoms with Crippen molar-refractivity contribution in [2.75, 3.05) is 18.6 Å². The second-order valence-corrected chi connectivity index (χ2v) is 8.23. The van der Waals surface area contributed by atoms with Crippen LogP contribution in [0.15, 0.2) is 21.5 Å². The van der Waals surface area contributed by atoms with Gasteiger partial charge in [0.15, 0.2) is 0 Å². The topological polar surface area (TPSA) is 66.4 Å². The fraction of sp³-hybridized carbons (Fsp3) is 0.538. The number of rotatable bonds is 7. The summed E-state index contributed by atoms with van der Waals surface area (Å²) < 4.78 is 27.9. The Labute approximate surface area is 133 Å². The van der Waals surface area contributed by atoms with Gasteiger partial charge in [-0.2, -0.15) is 11.8 Å². The van der Waals surface area contributed by atoms with Crippen molar-refractivity contribution in [3.05, 3.63) is 27.7 Å². The first-order valence-corrected chi connectivity index (χ1v) is 9.87. The van der Waals surface area contributed by atoms with Gasteiger partial charge in [-0.05, 0) is 58.0 Å². The lowest BCUT2D eigenvalue weighted by Crippen LogP contribution is -2.29. The fourth-order valence-corrected chi connectivity index (χ4v) is 4.69. The third kappa shape index (κ3) is 4.73. The van der Waals surface area contributed by atoms with Crippen molar-refractivity contribution in [3.8, 4) is 0 Å². The number of hydrogen-bond acceptors (Lipinski definition) is 4. The molecule has 0 aromatic heterocycles. The van der Waals surface area contributed by atoms with Crippen LogP contribution in [0.4, 0.5) is 0 Å². The quantitative estimate of drug-likeness (QED) is 0.761. The first-order chi connectivity index (χ1) is 9.31. The molecule has 1 rings (SSSR count). The summed E-state index contributed by atoms with van der Waals surface area (Å²) in [7, 11) is -3.58. The van der Waals surface area contributed by atoms with Gasteiger partial charge < -0.3 is 5.11 Å². The lowest BCUT2D eigenvalue weighted by Gasteiger charge is -2.14. The molecule has 20 heavy (non-hydrogen) atoms. The van der Waals surface area contributed by atoms with E-state index < -0.39 is 10.0 Å². The van der Waals surface area contributed by atoms with Crippen LogP contribution in [0.3, 0.4) is 0 Å². The van der Waals surface area contributed by atoms with E-state index in [4.69, 9.17) is 0 Å². The van der Waals surface area contributed by atoms with Gasteiger partial charge in [0.25, 0.3) is 0 Å². The fourth-order valence-electron chi connectivity index (χ4n) is 1.77. The molecule has 0 radical (unpaired) electrons. The van der Waals surface area contributed by atoms with Crippen LogP contribution in [-0.4, -0.2) is 32.1 Å². The average Bonchev–Trinajstić information content (AvgIpc) is 2.39. The maximum absolute atomic E-state index is 12.4. The molecular weight excluding hydrogens is 362 g/mol. The van der Waals surface area contributed by atoms with Gasteiger partial charge in [-0.25, -0.2) is 13.1 Å². The normalized spacial score (nSPS) is 13.4. The van der Waals surface area contributed by atoms with Crippen molar-refractivity contribution in [2.45, 2.75) is 25.3 Å². The molecule has 4 nitrogen and oxygen atoms in total. The first-order valence-electron chi connectivity index (χ1n) is 6.20. The Morgan fingerprint density at radius 2 is 2.10 bits per heavy atom. The number of benzene rings is 1. The van der Waals surface area contributed by atoms with Crippen molar-refractivity contribution in [2.24, 2.45) is 5.92 Å². The van der Waals surface area contributed by atoms with E-state index in [2.05, 4.69) is 20.7 Å². The molecule has 1 atom stereocenters. The lowest BCUT2D eigenvalue weighted by molar-refractivity contribution is 0.281. The van der Waals surface area contributed by atoms with E-state index in [0.717, 1.165) is 11.3 Å². The summed E-state index contributed by atoms with van der Waals surface area (Å²) in [6, 6.07) is 3.26. The molecule has 0 saturated heterocycles. The summed E-state index contributed by atoms with van der Waals surface area (Å²) in [4.78, 5) is 0.179. The van der Waals surface area contributed by atoms with Crippen LogP contribution in [0, 0.1) is 12.8 Å². The summed E-state index contributed by atoms with van der Waals surface area (Å²) in [5.74, 6) is 1.17. The molecule has 114 valence electrons. The molecule has 1 unspecified atom stereocenters. The monoisotopic (exact) mass is 381 g/mol. The Balaban J connectivity index is 3.00. The zero-order chi connectivity index (χ0) is 15.3. The maximum atomic E-state index is 12.4. The zero-order valence-corrected chi connectivity index (χ0v) is 15.0. The van der Waals surface area contributed by atoms with Crippen LogP contribution in [0.5, 0.6) is 0 Å². The van der Waals surface area contributed by atoms with Crippen molar-refractivity contribution in [1.82, 2.24) is 4.72 Å². The van der Waals surface area contributed by atoms with Crippen molar-refractivity contribution >= 4 is 37.7 Å². The number of sulfonamides is 1. The summed E-state index contributed by atoms with van der Waals surface area (Å²) in [6.07, 6.45) is 2.00. The van der Waals surface area contributed by atoms with E-state index in [1.165, 1.54) is 6.07 Å². The summed E-state index contributed by atoms with van der Waals surface area (Å²) in [6.45, 7) is 4.03. The Bertz CT molecular complexity index is 561. The standard InChI is InChI=1S/C13H20BrNO3S2/c1-9(8-19-3)6-15-20(17,18)12-5-11(7-16)4-10(2)13(12)14/h4-5,9,15-16H,6-8H2,1-3H3. The molecule has 0 amide bonds. The van der Waals surface area contributed by atoms with Gasteiger partial charge in [-0.3, -0.25) is 0 Å². The van der Waals surface area contributed by atoms with Gasteiger partial charge in [0.05, 0.1) is 11.5 Å². The Morgan fingerprint density at radius 3 is 2.65 bits per heavy atom. The minimum absolute atomic E-state index is 0.179. The van der Waals surface area contributed by atoms with Crippen molar-refractivity contribution in [3.63, 3.8) is 0 Å². The van der Waals surface area contributed by atoms with Crippen LogP contribution in [0.1, 0.15) is 18.1 Å². The van der Waals surface area contributed by atoms with E-state index in [1.54, 1.807) is 24.8 Å². The minimum Gasteiger partial charge on any atom is -0.392 e. The SMILES string of the molecule is CSCC(C)CNS(=O)(=O)c1cc(CO)cc(C)c1Br. The number of nitrogens with one attached hydrogen (secondary N) is 1. The number of thioether (sulfide) groups is 1. The zero-order valence-electron chi connectivity index (χ0n) is 11.8. The summed E-state index contributed by atoms with van der Waals surface area (Å²) in [5, 5.41) is 9.20. The highest BCUT2D eigenvalue weighted by Gasteiger charge is 2.20. The second-order valence-electron chi connectivity index (χ2n) is 4.80. The Morgan fingerprint density at radius 1 is 1.45 bits per heavy atom. The van der Waals surface area contributed by atoms with Crippen LogP contribution in [0.25, 0.3) is 0 Å². The number of halogens is 1. The van der Waals surface area contributed by atoms with Crippen molar-refractivity contribution in [1.29, 1.82) is 0 Å². The predicted molar refractivity (Wildman–Crippen MR) is 87.5 cm³/mol. The molecule has 1 aromatic carbocycles. The van der Waals surface area contributed by atoms with Gasteiger partial charge in [0.2, 0.25) is 10.0 Å². The van der Waals surface area contributed by atoms with Crippen LogP contribution in [0.2, 0.25) is 0 Å². The highest BCUT2D eigenvalue weighted by molar-refractivity contribution is 9.10. The molecular formula is C13H20BrNO3S2. The van der Waals surface area contributed by atoms with E-state index >= 15 is 0 Å². The van der Waals surface area contributed by atoms with E-state index in [9.17, 15) is 13.5 Å². The Kier molecular flexibility index (Phi) is 7.00. The molecule has 1 aromatic rings. The molecule has 0 spiro atoms. The van der Waals surface area contributed by atoms with Gasteiger partial charge in [-0.15, -0.1) is 0 Å². The average molecular weight is 382 g/mol. The van der Waals surface area contributed by atoms with Crippen LogP contribution < -0.4 is 4.72 Å². The molecule has 0 aliphatic rings. The second kappa shape index (κ2) is 7.79. The maximum Gasteiger partial charge on any atom is 0.241 e. The summed E-state index contributed by atoms with van der Waals surface area (Å²) >= 11 is 5.00. The third-order valence-electron chi connectivity index (χ3n) is 2.83. The third-order valence-corrected chi connectivity index (χ3v) is 6.49. The van der Waals surface area contributed by atoms with E-state index in [-0.39, 0.29) is 17.4 Å². The molecule has 0 bridgehead atoms. The summed E-state index contributed by atoms with van der Waals surface area (Å²) in [5.41, 5.74) is 1.37. The highest BCUT2D eigenvalue weighted by atomic mass is 79.9. The Hall–Kier alpha value is -0.0800. The molecule has 0 aliphatic heterocycles. The smallest absolute Gasteiger partial charge is 0.241 e. The molecule has 7 heteroatoms. The van der Waals surface area contributed by atoms with E-state index in [0.29, 0.717) is 16.6 Å². The van der Waals surface area contributed by atoms with Crippen molar-refractivity contribution < 1.29 is 13.5 Å². The van der Waals surface area contributed by atoms with Gasteiger partial charge in [-0.1, -0.05) is 13.0 Å². The minimum atomic E-state index is -3.58. The van der Waals surface area contributed by atoms with Gasteiger partial charge in [0, 0.05) is 11.0 Å². The molecule has 2 N–H and O–H groups in total. The molecule has 0 heterocycles. The highest BCUT2D eigenvalue weighted by Crippen LogP contribution is 2.27. The molecule has 0 saturated carbocycles. The number of hydrogen-bond donors (Lipinski definition) is 2. The van der Waals surface area contributed by atoms with Gasteiger partial charge >= 0.3 is 0 Å². The predicted octanol–water partition coefficient (Wildman–Crippen LogP) is 2.53. The van der Waals surface area contributed by atoms with Crippen LogP contribution >= 0.6 is 27.7 Å². The number of aliphatic hydroxyl groups excluding tert-OH is 1. The van der Waals surface area contributed by atoms with E-state index in [1.807, 2.05) is 13.2 Å². The number of aryl methyl sites for hydroxylation is 1. The molecule has 0 aliphatic carbocycles. The number of aliphatic hydroxyl groups is 1. The molecule has 0 fully saturated rings.